The van der Waals surface area contributed by atoms with Crippen molar-refractivity contribution in [3.8, 4) is 0 Å². The Morgan fingerprint density at radius 3 is 2.58 bits per heavy atom. The number of hydrogen-bond acceptors (Lipinski definition) is 6. The third kappa shape index (κ3) is 3.35. The van der Waals surface area contributed by atoms with Crippen molar-refractivity contribution >= 4 is 11.9 Å². The lowest BCUT2D eigenvalue weighted by Crippen LogP contribution is -2.61. The molecule has 0 spiro atoms. The molecule has 1 saturated heterocycles. The number of imidazole rings is 1. The van der Waals surface area contributed by atoms with Gasteiger partial charge in [0.15, 0.2) is 0 Å². The SMILES string of the molecule is COC(=O)C1(COC(=O)c2cncn2C(C)c2ccccc2)CN(C)C1. The molecule has 0 aliphatic carbocycles. The van der Waals surface area contributed by atoms with E-state index >= 15 is 0 Å². The molecule has 138 valence electrons. The maximum atomic E-state index is 12.6. The molecule has 1 fully saturated rings. The second kappa shape index (κ2) is 7.29. The summed E-state index contributed by atoms with van der Waals surface area (Å²) in [5.74, 6) is -0.849. The summed E-state index contributed by atoms with van der Waals surface area (Å²) in [5, 5.41) is 0. The average molecular weight is 357 g/mol. The molecule has 1 aromatic heterocycles. The summed E-state index contributed by atoms with van der Waals surface area (Å²) in [6, 6.07) is 9.78. The molecule has 26 heavy (non-hydrogen) atoms. The fourth-order valence-corrected chi connectivity index (χ4v) is 3.42. The van der Waals surface area contributed by atoms with Crippen LogP contribution in [0.3, 0.4) is 0 Å². The van der Waals surface area contributed by atoms with Crippen molar-refractivity contribution in [3.63, 3.8) is 0 Å². The van der Waals surface area contributed by atoms with Crippen LogP contribution in [0.25, 0.3) is 0 Å². The molecule has 2 heterocycles. The Kier molecular flexibility index (Phi) is 5.08. The highest BCUT2D eigenvalue weighted by Crippen LogP contribution is 2.31. The van der Waals surface area contributed by atoms with Gasteiger partial charge in [0.25, 0.3) is 0 Å². The van der Waals surface area contributed by atoms with Gasteiger partial charge in [-0.25, -0.2) is 9.78 Å². The van der Waals surface area contributed by atoms with Crippen LogP contribution >= 0.6 is 0 Å². The molecular weight excluding hydrogens is 334 g/mol. The van der Waals surface area contributed by atoms with Crippen LogP contribution in [0.5, 0.6) is 0 Å². The van der Waals surface area contributed by atoms with E-state index in [0.717, 1.165) is 5.56 Å². The van der Waals surface area contributed by atoms with Gasteiger partial charge in [0, 0.05) is 13.1 Å². The van der Waals surface area contributed by atoms with Crippen molar-refractivity contribution in [2.24, 2.45) is 5.41 Å². The summed E-state index contributed by atoms with van der Waals surface area (Å²) in [6.07, 6.45) is 3.10. The van der Waals surface area contributed by atoms with Gasteiger partial charge in [-0.2, -0.15) is 0 Å². The van der Waals surface area contributed by atoms with Crippen LogP contribution in [0.4, 0.5) is 0 Å². The van der Waals surface area contributed by atoms with E-state index in [1.165, 1.54) is 13.3 Å². The Balaban J connectivity index is 1.72. The summed E-state index contributed by atoms with van der Waals surface area (Å²) >= 11 is 0. The van der Waals surface area contributed by atoms with Gasteiger partial charge < -0.3 is 18.9 Å². The van der Waals surface area contributed by atoms with Gasteiger partial charge in [0.1, 0.15) is 17.7 Å². The van der Waals surface area contributed by atoms with Gasteiger partial charge in [-0.05, 0) is 19.5 Å². The van der Waals surface area contributed by atoms with Gasteiger partial charge in [-0.3, -0.25) is 4.79 Å². The van der Waals surface area contributed by atoms with Crippen LogP contribution in [0.2, 0.25) is 0 Å². The van der Waals surface area contributed by atoms with Crippen molar-refractivity contribution < 1.29 is 19.1 Å². The minimum atomic E-state index is -0.783. The van der Waals surface area contributed by atoms with E-state index in [2.05, 4.69) is 4.98 Å². The quantitative estimate of drug-likeness (QED) is 0.734. The van der Waals surface area contributed by atoms with E-state index in [1.54, 1.807) is 10.9 Å². The number of rotatable bonds is 6. The molecule has 0 saturated carbocycles. The second-order valence-electron chi connectivity index (χ2n) is 6.79. The predicted molar refractivity (Wildman–Crippen MR) is 94.7 cm³/mol. The molecule has 1 unspecified atom stereocenters. The number of hydrogen-bond donors (Lipinski definition) is 0. The molecule has 1 aromatic carbocycles. The Bertz CT molecular complexity index is 781. The lowest BCUT2D eigenvalue weighted by atomic mass is 9.81. The highest BCUT2D eigenvalue weighted by Gasteiger charge is 2.50. The molecule has 7 nitrogen and oxygen atoms in total. The zero-order valence-corrected chi connectivity index (χ0v) is 15.2. The third-order valence-corrected chi connectivity index (χ3v) is 4.82. The Hall–Kier alpha value is -2.67. The lowest BCUT2D eigenvalue weighted by Gasteiger charge is -2.45. The Labute approximate surface area is 152 Å². The van der Waals surface area contributed by atoms with Gasteiger partial charge >= 0.3 is 11.9 Å². The highest BCUT2D eigenvalue weighted by molar-refractivity contribution is 5.88. The molecule has 2 aromatic rings. The Morgan fingerprint density at radius 2 is 1.96 bits per heavy atom. The maximum Gasteiger partial charge on any atom is 0.356 e. The van der Waals surface area contributed by atoms with Crippen molar-refractivity contribution in [2.45, 2.75) is 13.0 Å². The van der Waals surface area contributed by atoms with Gasteiger partial charge in [-0.1, -0.05) is 30.3 Å². The number of ether oxygens (including phenoxy) is 2. The van der Waals surface area contributed by atoms with Crippen molar-refractivity contribution in [2.75, 3.05) is 33.9 Å². The monoisotopic (exact) mass is 357 g/mol. The van der Waals surface area contributed by atoms with Crippen LogP contribution in [0, 0.1) is 5.41 Å². The number of esters is 2. The molecular formula is C19H23N3O4. The summed E-state index contributed by atoms with van der Waals surface area (Å²) in [7, 11) is 3.25. The third-order valence-electron chi connectivity index (χ3n) is 4.82. The fraction of sp³-hybridized carbons (Fsp3) is 0.421. The molecule has 0 amide bonds. The molecule has 1 atom stereocenters. The molecule has 7 heteroatoms. The topological polar surface area (TPSA) is 73.7 Å². The summed E-state index contributed by atoms with van der Waals surface area (Å²) in [6.45, 7) is 3.00. The van der Waals surface area contributed by atoms with E-state index in [4.69, 9.17) is 9.47 Å². The van der Waals surface area contributed by atoms with Crippen LogP contribution in [0.15, 0.2) is 42.9 Å². The number of likely N-dealkylation sites (tertiary alicyclic amines) is 1. The molecule has 0 N–H and O–H groups in total. The lowest BCUT2D eigenvalue weighted by molar-refractivity contribution is -0.167. The van der Waals surface area contributed by atoms with Crippen molar-refractivity contribution in [1.82, 2.24) is 14.5 Å². The van der Waals surface area contributed by atoms with Crippen LogP contribution in [-0.4, -0.2) is 60.2 Å². The number of benzene rings is 1. The zero-order chi connectivity index (χ0) is 18.7. The smallest absolute Gasteiger partial charge is 0.356 e. The molecule has 1 aliphatic heterocycles. The molecule has 3 rings (SSSR count). The first-order valence-electron chi connectivity index (χ1n) is 8.48. The summed E-state index contributed by atoms with van der Waals surface area (Å²) in [5.41, 5.74) is 0.634. The number of aromatic nitrogens is 2. The molecule has 0 bridgehead atoms. The first kappa shape index (κ1) is 18.1. The Morgan fingerprint density at radius 1 is 1.27 bits per heavy atom. The van der Waals surface area contributed by atoms with Gasteiger partial charge in [0.2, 0.25) is 0 Å². The van der Waals surface area contributed by atoms with Crippen molar-refractivity contribution in [1.29, 1.82) is 0 Å². The zero-order valence-electron chi connectivity index (χ0n) is 15.2. The first-order chi connectivity index (χ1) is 12.5. The van der Waals surface area contributed by atoms with E-state index < -0.39 is 11.4 Å². The number of carbonyl (C=O) groups excluding carboxylic acids is 2. The average Bonchev–Trinajstić information content (AvgIpc) is 3.13. The van der Waals surface area contributed by atoms with Crippen LogP contribution in [0.1, 0.15) is 29.0 Å². The first-order valence-corrected chi connectivity index (χ1v) is 8.48. The van der Waals surface area contributed by atoms with Crippen LogP contribution < -0.4 is 0 Å². The minimum absolute atomic E-state index is 0.00621. The standard InChI is InChI=1S/C19H23N3O4/c1-14(15-7-5-4-6-8-15)22-13-20-9-16(22)17(23)26-12-19(18(24)25-3)10-21(2)11-19/h4-9,13-14H,10-12H2,1-3H3. The summed E-state index contributed by atoms with van der Waals surface area (Å²) in [4.78, 5) is 30.7. The maximum absolute atomic E-state index is 12.6. The second-order valence-corrected chi connectivity index (χ2v) is 6.79. The van der Waals surface area contributed by atoms with Crippen LogP contribution in [-0.2, 0) is 14.3 Å². The number of methoxy groups -OCH3 is 1. The van der Waals surface area contributed by atoms with Crippen molar-refractivity contribution in [3.05, 3.63) is 54.1 Å². The van der Waals surface area contributed by atoms with E-state index in [1.807, 2.05) is 49.2 Å². The van der Waals surface area contributed by atoms with Gasteiger partial charge in [-0.15, -0.1) is 0 Å². The molecule has 0 radical (unpaired) electrons. The number of carbonyl (C=O) groups is 2. The highest BCUT2D eigenvalue weighted by atomic mass is 16.5. The minimum Gasteiger partial charge on any atom is -0.468 e. The number of nitrogens with zero attached hydrogens (tertiary/aromatic N) is 3. The largest absolute Gasteiger partial charge is 0.468 e. The summed E-state index contributed by atoms with van der Waals surface area (Å²) < 4.78 is 12.1. The molecule has 1 aliphatic rings. The van der Waals surface area contributed by atoms with E-state index in [9.17, 15) is 9.59 Å². The van der Waals surface area contributed by atoms with Gasteiger partial charge in [0.05, 0.1) is 25.7 Å². The normalized spacial score (nSPS) is 17.2. The fourth-order valence-electron chi connectivity index (χ4n) is 3.42. The predicted octanol–water partition coefficient (Wildman–Crippen LogP) is 1.75. The van der Waals surface area contributed by atoms with E-state index in [-0.39, 0.29) is 18.6 Å². The van der Waals surface area contributed by atoms with E-state index in [0.29, 0.717) is 18.8 Å².